The Bertz CT molecular complexity index is 369. The molecule has 1 aliphatic carbocycles. The molecule has 1 aliphatic rings. The normalized spacial score (nSPS) is 19.7. The van der Waals surface area contributed by atoms with E-state index in [0.29, 0.717) is 18.9 Å². The molecule has 0 aliphatic heterocycles. The zero-order chi connectivity index (χ0) is 13.5. The molecule has 0 spiro atoms. The van der Waals surface area contributed by atoms with Gasteiger partial charge in [-0.2, -0.15) is 0 Å². The first-order chi connectivity index (χ1) is 9.31. The monoisotopic (exact) mass is 261 g/mol. The highest BCUT2D eigenvalue weighted by Gasteiger charge is 2.15. The first kappa shape index (κ1) is 14.5. The van der Waals surface area contributed by atoms with Crippen molar-refractivity contribution < 1.29 is 5.11 Å². The Hall–Kier alpha value is -0.860. The molecule has 0 saturated heterocycles. The van der Waals surface area contributed by atoms with E-state index < -0.39 is 6.10 Å². The van der Waals surface area contributed by atoms with Crippen molar-refractivity contribution in [1.29, 1.82) is 0 Å². The molecule has 0 radical (unpaired) electrons. The van der Waals surface area contributed by atoms with Gasteiger partial charge < -0.3 is 10.8 Å². The lowest BCUT2D eigenvalue weighted by Gasteiger charge is -2.21. The number of hydrogen-bond acceptors (Lipinski definition) is 2. The molecule has 106 valence electrons. The summed E-state index contributed by atoms with van der Waals surface area (Å²) < 4.78 is 0. The summed E-state index contributed by atoms with van der Waals surface area (Å²) in [5, 5.41) is 10.1. The molecule has 0 heterocycles. The maximum absolute atomic E-state index is 10.1. The van der Waals surface area contributed by atoms with E-state index in [1.807, 2.05) is 6.07 Å². The highest BCUT2D eigenvalue weighted by Crippen LogP contribution is 2.32. The predicted octanol–water partition coefficient (Wildman–Crippen LogP) is 3.90. The van der Waals surface area contributed by atoms with Crippen molar-refractivity contribution in [2.24, 2.45) is 5.73 Å². The van der Waals surface area contributed by atoms with Gasteiger partial charge in [-0.1, -0.05) is 56.4 Å². The third kappa shape index (κ3) is 4.32. The molecule has 1 atom stereocenters. The summed E-state index contributed by atoms with van der Waals surface area (Å²) in [6, 6.07) is 8.54. The zero-order valence-corrected chi connectivity index (χ0v) is 11.9. The second kappa shape index (κ2) is 7.66. The third-order valence-electron chi connectivity index (χ3n) is 4.31. The summed E-state index contributed by atoms with van der Waals surface area (Å²) in [5.74, 6) is 0.685. The molecule has 2 nitrogen and oxygen atoms in total. The molecule has 1 aromatic rings. The van der Waals surface area contributed by atoms with E-state index in [1.165, 1.54) is 50.5 Å². The van der Waals surface area contributed by atoms with Gasteiger partial charge in [0.1, 0.15) is 0 Å². The van der Waals surface area contributed by atoms with Crippen molar-refractivity contribution >= 4 is 0 Å². The minimum Gasteiger partial charge on any atom is -0.388 e. The fourth-order valence-electron chi connectivity index (χ4n) is 3.13. The number of aliphatic hydroxyl groups excluding tert-OH is 1. The third-order valence-corrected chi connectivity index (χ3v) is 4.31. The molecule has 0 amide bonds. The van der Waals surface area contributed by atoms with E-state index >= 15 is 0 Å². The highest BCUT2D eigenvalue weighted by molar-refractivity contribution is 5.28. The number of hydrogen-bond donors (Lipinski definition) is 2. The van der Waals surface area contributed by atoms with Crippen LogP contribution in [-0.2, 0) is 0 Å². The van der Waals surface area contributed by atoms with Gasteiger partial charge in [0.2, 0.25) is 0 Å². The van der Waals surface area contributed by atoms with Crippen LogP contribution in [-0.4, -0.2) is 11.7 Å². The summed E-state index contributed by atoms with van der Waals surface area (Å²) in [7, 11) is 0. The van der Waals surface area contributed by atoms with Crippen LogP contribution in [0.4, 0.5) is 0 Å². The number of aliphatic hydroxyl groups is 1. The Morgan fingerprint density at radius 1 is 1.11 bits per heavy atom. The Balaban J connectivity index is 2.07. The molecule has 1 unspecified atom stereocenters. The molecular weight excluding hydrogens is 234 g/mol. The Morgan fingerprint density at radius 3 is 2.47 bits per heavy atom. The van der Waals surface area contributed by atoms with Crippen LogP contribution in [0.2, 0.25) is 0 Å². The van der Waals surface area contributed by atoms with Gasteiger partial charge >= 0.3 is 0 Å². The van der Waals surface area contributed by atoms with Crippen molar-refractivity contribution in [2.45, 2.75) is 63.4 Å². The van der Waals surface area contributed by atoms with Crippen molar-refractivity contribution in [3.05, 3.63) is 35.4 Å². The number of nitrogens with two attached hydrogens (primary N) is 1. The van der Waals surface area contributed by atoms with Gasteiger partial charge in [0, 0.05) is 0 Å². The fourth-order valence-corrected chi connectivity index (χ4v) is 3.13. The van der Waals surface area contributed by atoms with E-state index in [4.69, 9.17) is 5.73 Å². The number of rotatable bonds is 4. The van der Waals surface area contributed by atoms with Gasteiger partial charge in [0.15, 0.2) is 0 Å². The lowest BCUT2D eigenvalue weighted by Crippen LogP contribution is -2.08. The minimum absolute atomic E-state index is 0.404. The Labute approximate surface area is 117 Å². The van der Waals surface area contributed by atoms with Crippen LogP contribution in [0.3, 0.4) is 0 Å². The SMILES string of the molecule is NCCC(O)c1cccc(C2CCCCCCC2)c1. The van der Waals surface area contributed by atoms with Crippen molar-refractivity contribution in [3.8, 4) is 0 Å². The van der Waals surface area contributed by atoms with Crippen molar-refractivity contribution in [2.75, 3.05) is 6.54 Å². The Morgan fingerprint density at radius 2 is 1.79 bits per heavy atom. The average Bonchev–Trinajstić information content (AvgIpc) is 2.39. The Kier molecular flexibility index (Phi) is 5.87. The summed E-state index contributed by atoms with van der Waals surface area (Å²) in [4.78, 5) is 0. The van der Waals surface area contributed by atoms with E-state index in [9.17, 15) is 5.11 Å². The van der Waals surface area contributed by atoms with Gasteiger partial charge in [-0.15, -0.1) is 0 Å². The van der Waals surface area contributed by atoms with Crippen LogP contribution in [0, 0.1) is 0 Å². The second-order valence-corrected chi connectivity index (χ2v) is 5.81. The summed E-state index contributed by atoms with van der Waals surface area (Å²) in [6.07, 6.45) is 9.71. The molecule has 0 aromatic heterocycles. The largest absolute Gasteiger partial charge is 0.388 e. The first-order valence-corrected chi connectivity index (χ1v) is 7.79. The summed E-state index contributed by atoms with van der Waals surface area (Å²) >= 11 is 0. The predicted molar refractivity (Wildman–Crippen MR) is 80.1 cm³/mol. The van der Waals surface area contributed by atoms with Crippen LogP contribution in [0.1, 0.15) is 74.5 Å². The maximum atomic E-state index is 10.1. The van der Waals surface area contributed by atoms with Gasteiger partial charge in [0.25, 0.3) is 0 Å². The molecule has 1 aromatic carbocycles. The molecule has 1 fully saturated rings. The van der Waals surface area contributed by atoms with E-state index in [2.05, 4.69) is 18.2 Å². The van der Waals surface area contributed by atoms with Gasteiger partial charge in [-0.05, 0) is 42.9 Å². The number of benzene rings is 1. The van der Waals surface area contributed by atoms with E-state index in [-0.39, 0.29) is 0 Å². The topological polar surface area (TPSA) is 46.2 Å². The molecule has 2 rings (SSSR count). The smallest absolute Gasteiger partial charge is 0.0802 e. The van der Waals surface area contributed by atoms with Gasteiger partial charge in [0.05, 0.1) is 6.10 Å². The fraction of sp³-hybridized carbons (Fsp3) is 0.647. The minimum atomic E-state index is -0.404. The molecular formula is C17H27NO. The van der Waals surface area contributed by atoms with Crippen LogP contribution in [0.15, 0.2) is 24.3 Å². The van der Waals surface area contributed by atoms with Crippen LogP contribution >= 0.6 is 0 Å². The quantitative estimate of drug-likeness (QED) is 0.863. The lowest BCUT2D eigenvalue weighted by atomic mass is 9.85. The molecule has 19 heavy (non-hydrogen) atoms. The summed E-state index contributed by atoms with van der Waals surface area (Å²) in [6.45, 7) is 0.537. The first-order valence-electron chi connectivity index (χ1n) is 7.79. The lowest BCUT2D eigenvalue weighted by molar-refractivity contribution is 0.170. The zero-order valence-electron chi connectivity index (χ0n) is 11.9. The van der Waals surface area contributed by atoms with Crippen molar-refractivity contribution in [1.82, 2.24) is 0 Å². The molecule has 3 N–H and O–H groups in total. The van der Waals surface area contributed by atoms with Gasteiger partial charge in [-0.3, -0.25) is 0 Å². The average molecular weight is 261 g/mol. The van der Waals surface area contributed by atoms with Gasteiger partial charge in [-0.25, -0.2) is 0 Å². The molecule has 0 bridgehead atoms. The highest BCUT2D eigenvalue weighted by atomic mass is 16.3. The van der Waals surface area contributed by atoms with Crippen LogP contribution in [0.25, 0.3) is 0 Å². The van der Waals surface area contributed by atoms with E-state index in [0.717, 1.165) is 5.56 Å². The molecule has 1 saturated carbocycles. The molecule has 2 heteroatoms. The standard InChI is InChI=1S/C17H27NO/c18-12-11-17(19)16-10-6-9-15(13-16)14-7-4-2-1-3-5-8-14/h6,9-10,13-14,17,19H,1-5,7-8,11-12,18H2. The van der Waals surface area contributed by atoms with E-state index in [1.54, 1.807) is 0 Å². The second-order valence-electron chi connectivity index (χ2n) is 5.81. The summed E-state index contributed by atoms with van der Waals surface area (Å²) in [5.41, 5.74) is 7.97. The van der Waals surface area contributed by atoms with Crippen LogP contribution in [0.5, 0.6) is 0 Å². The van der Waals surface area contributed by atoms with Crippen LogP contribution < -0.4 is 5.73 Å². The maximum Gasteiger partial charge on any atom is 0.0802 e. The van der Waals surface area contributed by atoms with Crippen molar-refractivity contribution in [3.63, 3.8) is 0 Å².